The molecule has 1 aromatic carbocycles. The van der Waals surface area contributed by atoms with Crippen molar-refractivity contribution in [2.75, 3.05) is 13.1 Å². The van der Waals surface area contributed by atoms with Gasteiger partial charge in [0, 0.05) is 37.9 Å². The third-order valence-electron chi connectivity index (χ3n) is 6.06. The third-order valence-corrected chi connectivity index (χ3v) is 6.06. The Hall–Kier alpha value is -2.18. The number of imidazole rings is 1. The molecule has 1 saturated heterocycles. The van der Waals surface area contributed by atoms with Crippen LogP contribution in [0.25, 0.3) is 0 Å². The Labute approximate surface area is 173 Å². The van der Waals surface area contributed by atoms with Crippen LogP contribution < -0.4 is 0 Å². The number of carbonyl (C=O) groups is 1. The summed E-state index contributed by atoms with van der Waals surface area (Å²) in [7, 11) is 0. The Morgan fingerprint density at radius 3 is 2.79 bits per heavy atom. The number of aliphatic hydroxyl groups excluding tert-OH is 1. The summed E-state index contributed by atoms with van der Waals surface area (Å²) >= 11 is 0. The molecule has 6 heteroatoms. The van der Waals surface area contributed by atoms with Crippen LogP contribution in [0, 0.1) is 5.41 Å². The molecule has 1 aliphatic heterocycles. The zero-order valence-corrected chi connectivity index (χ0v) is 17.3. The lowest BCUT2D eigenvalue weighted by Gasteiger charge is -2.43. The highest BCUT2D eigenvalue weighted by molar-refractivity contribution is 5.76. The van der Waals surface area contributed by atoms with E-state index >= 15 is 0 Å². The van der Waals surface area contributed by atoms with Crippen LogP contribution in [0.4, 0.5) is 0 Å². The monoisotopic (exact) mass is 399 g/mol. The van der Waals surface area contributed by atoms with Gasteiger partial charge in [-0.05, 0) is 37.7 Å². The fourth-order valence-corrected chi connectivity index (χ4v) is 4.31. The summed E-state index contributed by atoms with van der Waals surface area (Å²) < 4.78 is 0. The number of aliphatic hydroxyl groups is 1. The first-order valence-corrected chi connectivity index (χ1v) is 10.7. The van der Waals surface area contributed by atoms with E-state index in [0.717, 1.165) is 43.6 Å². The van der Waals surface area contributed by atoms with E-state index in [9.17, 15) is 15.0 Å². The molecule has 0 unspecified atom stereocenters. The smallest absolute Gasteiger partial charge is 0.313 e. The van der Waals surface area contributed by atoms with Gasteiger partial charge in [0.05, 0.1) is 6.10 Å². The fourth-order valence-electron chi connectivity index (χ4n) is 4.31. The highest BCUT2D eigenvalue weighted by Crippen LogP contribution is 2.36. The molecule has 29 heavy (non-hydrogen) atoms. The van der Waals surface area contributed by atoms with Crippen LogP contribution in [0.15, 0.2) is 36.5 Å². The maximum atomic E-state index is 12.2. The number of carboxylic acids is 1. The molecule has 0 radical (unpaired) electrons. The second-order valence-electron chi connectivity index (χ2n) is 8.27. The van der Waals surface area contributed by atoms with Crippen molar-refractivity contribution in [1.82, 2.24) is 14.9 Å². The van der Waals surface area contributed by atoms with Gasteiger partial charge in [-0.25, -0.2) is 4.98 Å². The number of nitrogens with one attached hydrogen (secondary N) is 1. The van der Waals surface area contributed by atoms with E-state index in [2.05, 4.69) is 33.9 Å². The SMILES string of the molecule is CCCCc1ncc(CN2CC[C@H](O)[C@](CCCc3ccccc3)(C(=O)O)C2)[nH]1. The van der Waals surface area contributed by atoms with E-state index in [1.165, 1.54) is 5.56 Å². The van der Waals surface area contributed by atoms with Crippen LogP contribution in [-0.2, 0) is 24.2 Å². The minimum absolute atomic E-state index is 0.363. The van der Waals surface area contributed by atoms with Gasteiger partial charge in [0.1, 0.15) is 11.2 Å². The van der Waals surface area contributed by atoms with Crippen molar-refractivity contribution in [3.63, 3.8) is 0 Å². The second-order valence-corrected chi connectivity index (χ2v) is 8.27. The molecule has 1 aromatic heterocycles. The van der Waals surface area contributed by atoms with Gasteiger partial charge in [-0.1, -0.05) is 43.7 Å². The molecule has 0 bridgehead atoms. The van der Waals surface area contributed by atoms with Gasteiger partial charge in [-0.15, -0.1) is 0 Å². The molecule has 1 aliphatic rings. The summed E-state index contributed by atoms with van der Waals surface area (Å²) in [4.78, 5) is 22.2. The molecular formula is C23H33N3O3. The van der Waals surface area contributed by atoms with Crippen LogP contribution in [0.1, 0.15) is 56.1 Å². The molecule has 2 atom stereocenters. The lowest BCUT2D eigenvalue weighted by molar-refractivity contribution is -0.164. The van der Waals surface area contributed by atoms with Gasteiger partial charge in [0.15, 0.2) is 0 Å². The van der Waals surface area contributed by atoms with E-state index < -0.39 is 17.5 Å². The Morgan fingerprint density at radius 1 is 1.28 bits per heavy atom. The number of aromatic amines is 1. The lowest BCUT2D eigenvalue weighted by atomic mass is 9.73. The van der Waals surface area contributed by atoms with Gasteiger partial charge in [0.25, 0.3) is 0 Å². The number of nitrogens with zero attached hydrogens (tertiary/aromatic N) is 2. The molecule has 2 aromatic rings. The van der Waals surface area contributed by atoms with Crippen molar-refractivity contribution < 1.29 is 15.0 Å². The number of benzene rings is 1. The molecule has 3 rings (SSSR count). The highest BCUT2D eigenvalue weighted by atomic mass is 16.4. The number of aromatic nitrogens is 2. The van der Waals surface area contributed by atoms with Crippen molar-refractivity contribution in [3.05, 3.63) is 53.6 Å². The number of aryl methyl sites for hydroxylation is 2. The van der Waals surface area contributed by atoms with Gasteiger partial charge in [-0.3, -0.25) is 9.69 Å². The normalized spacial score (nSPS) is 22.6. The second kappa shape index (κ2) is 10.0. The van der Waals surface area contributed by atoms with Crippen LogP contribution in [0.3, 0.4) is 0 Å². The van der Waals surface area contributed by atoms with E-state index in [-0.39, 0.29) is 0 Å². The first-order chi connectivity index (χ1) is 14.0. The van der Waals surface area contributed by atoms with Crippen LogP contribution in [0.2, 0.25) is 0 Å². The minimum Gasteiger partial charge on any atom is -0.481 e. The zero-order chi connectivity index (χ0) is 20.7. The predicted octanol–water partition coefficient (Wildman–Crippen LogP) is 3.41. The highest BCUT2D eigenvalue weighted by Gasteiger charge is 2.48. The first kappa shape index (κ1) is 21.5. The Morgan fingerprint density at radius 2 is 2.07 bits per heavy atom. The number of unbranched alkanes of at least 4 members (excludes halogenated alkanes) is 1. The van der Waals surface area contributed by atoms with Crippen molar-refractivity contribution in [1.29, 1.82) is 0 Å². The number of aliphatic carboxylic acids is 1. The van der Waals surface area contributed by atoms with Crippen molar-refractivity contribution in [2.24, 2.45) is 5.41 Å². The number of piperidine rings is 1. The predicted molar refractivity (Wildman–Crippen MR) is 113 cm³/mol. The number of carboxylic acid groups (broad SMARTS) is 1. The quantitative estimate of drug-likeness (QED) is 0.570. The molecule has 3 N–H and O–H groups in total. The van der Waals surface area contributed by atoms with Crippen molar-refractivity contribution >= 4 is 5.97 Å². The largest absolute Gasteiger partial charge is 0.481 e. The maximum absolute atomic E-state index is 12.2. The minimum atomic E-state index is -1.11. The zero-order valence-electron chi connectivity index (χ0n) is 17.3. The molecule has 6 nitrogen and oxygen atoms in total. The summed E-state index contributed by atoms with van der Waals surface area (Å²) in [5.41, 5.74) is 1.10. The van der Waals surface area contributed by atoms with Crippen molar-refractivity contribution in [2.45, 2.75) is 64.5 Å². The summed E-state index contributed by atoms with van der Waals surface area (Å²) in [6.45, 7) is 3.85. The third kappa shape index (κ3) is 5.46. The molecule has 0 aliphatic carbocycles. The Kier molecular flexibility index (Phi) is 7.45. The van der Waals surface area contributed by atoms with Crippen LogP contribution in [0.5, 0.6) is 0 Å². The first-order valence-electron chi connectivity index (χ1n) is 10.7. The number of hydrogen-bond donors (Lipinski definition) is 3. The lowest BCUT2D eigenvalue weighted by Crippen LogP contribution is -2.55. The Balaban J connectivity index is 1.63. The summed E-state index contributed by atoms with van der Waals surface area (Å²) in [6, 6.07) is 10.1. The van der Waals surface area contributed by atoms with Gasteiger partial charge < -0.3 is 15.2 Å². The maximum Gasteiger partial charge on any atom is 0.313 e. The molecular weight excluding hydrogens is 366 g/mol. The van der Waals surface area contributed by atoms with E-state index in [0.29, 0.717) is 32.5 Å². The summed E-state index contributed by atoms with van der Waals surface area (Å²) in [5, 5.41) is 20.7. The van der Waals surface area contributed by atoms with E-state index in [1.807, 2.05) is 24.4 Å². The van der Waals surface area contributed by atoms with E-state index in [4.69, 9.17) is 0 Å². The molecule has 0 amide bonds. The van der Waals surface area contributed by atoms with Gasteiger partial charge in [-0.2, -0.15) is 0 Å². The topological polar surface area (TPSA) is 89.4 Å². The summed E-state index contributed by atoms with van der Waals surface area (Å²) in [5.74, 6) is 0.0993. The van der Waals surface area contributed by atoms with Crippen LogP contribution in [-0.4, -0.2) is 50.2 Å². The molecule has 0 spiro atoms. The molecule has 1 fully saturated rings. The Bertz CT molecular complexity index is 777. The molecule has 0 saturated carbocycles. The average molecular weight is 400 g/mol. The number of likely N-dealkylation sites (tertiary alicyclic amines) is 1. The average Bonchev–Trinajstić information content (AvgIpc) is 3.16. The number of hydrogen-bond acceptors (Lipinski definition) is 4. The fraction of sp³-hybridized carbons (Fsp3) is 0.565. The summed E-state index contributed by atoms with van der Waals surface area (Å²) in [6.07, 6.45) is 6.73. The van der Waals surface area contributed by atoms with E-state index in [1.54, 1.807) is 0 Å². The molecule has 158 valence electrons. The van der Waals surface area contributed by atoms with Crippen LogP contribution >= 0.6 is 0 Å². The number of rotatable bonds is 10. The number of H-pyrrole nitrogens is 1. The standard InChI is InChI=1S/C23H33N3O3/c1-2-3-11-21-24-15-19(25-21)16-26-14-12-20(27)23(17-26,22(28)29)13-7-10-18-8-5-4-6-9-18/h4-6,8-9,15,20,27H,2-3,7,10-14,16-17H2,1H3,(H,24,25)(H,28,29)/t20-,23+/m0/s1. The van der Waals surface area contributed by atoms with Gasteiger partial charge in [0.2, 0.25) is 0 Å². The molecule has 2 heterocycles. The van der Waals surface area contributed by atoms with Crippen molar-refractivity contribution in [3.8, 4) is 0 Å². The van der Waals surface area contributed by atoms with Gasteiger partial charge >= 0.3 is 5.97 Å².